The van der Waals surface area contributed by atoms with Gasteiger partial charge in [-0.2, -0.15) is 4.31 Å². The number of benzene rings is 1. The minimum Gasteiger partial charge on any atom is -0.480 e. The van der Waals surface area contributed by atoms with Gasteiger partial charge in [0.1, 0.15) is 6.04 Å². The molecule has 0 aliphatic rings. The molecule has 0 bridgehead atoms. The highest BCUT2D eigenvalue weighted by Gasteiger charge is 2.33. The van der Waals surface area contributed by atoms with E-state index >= 15 is 0 Å². The number of hydrogen-bond acceptors (Lipinski definition) is 7. The van der Waals surface area contributed by atoms with Crippen LogP contribution in [0, 0.1) is 0 Å². The second-order valence-electron chi connectivity index (χ2n) is 5.77. The monoisotopic (exact) mass is 396 g/mol. The first-order valence-electron chi connectivity index (χ1n) is 7.96. The normalized spacial score (nSPS) is 12.7. The van der Waals surface area contributed by atoms with E-state index in [-0.39, 0.29) is 23.9 Å². The zero-order chi connectivity index (χ0) is 20.2. The molecule has 1 aromatic heterocycles. The van der Waals surface area contributed by atoms with Crippen LogP contribution in [0.2, 0.25) is 0 Å². The lowest BCUT2D eigenvalue weighted by molar-refractivity contribution is -0.140. The standard InChI is InChI=1S/C15H20N6O5S/c1-10(15(23)24)21(8-7-16-11(2)22)27(25,26)13-6-4-5-12(9-13)14-17-18-19-20(14)3/h4-6,9-10H,7-8H2,1-3H3,(H,16,22)(H,23,24). The highest BCUT2D eigenvalue weighted by Crippen LogP contribution is 2.23. The number of carbonyl (C=O) groups is 2. The summed E-state index contributed by atoms with van der Waals surface area (Å²) in [4.78, 5) is 22.3. The number of hydrogen-bond donors (Lipinski definition) is 2. The maximum atomic E-state index is 13.1. The van der Waals surface area contributed by atoms with Crippen molar-refractivity contribution in [3.05, 3.63) is 24.3 Å². The third-order valence-electron chi connectivity index (χ3n) is 3.81. The lowest BCUT2D eigenvalue weighted by Crippen LogP contribution is -2.46. The van der Waals surface area contributed by atoms with E-state index in [1.807, 2.05) is 0 Å². The molecule has 146 valence electrons. The van der Waals surface area contributed by atoms with E-state index in [4.69, 9.17) is 0 Å². The van der Waals surface area contributed by atoms with Crippen LogP contribution in [-0.2, 0) is 26.7 Å². The van der Waals surface area contributed by atoms with Crippen molar-refractivity contribution in [2.75, 3.05) is 13.1 Å². The zero-order valence-electron chi connectivity index (χ0n) is 15.0. The summed E-state index contributed by atoms with van der Waals surface area (Å²) in [6, 6.07) is 4.59. The van der Waals surface area contributed by atoms with Crippen LogP contribution in [0.15, 0.2) is 29.2 Å². The van der Waals surface area contributed by atoms with Crippen molar-refractivity contribution < 1.29 is 23.1 Å². The average Bonchev–Trinajstić information content (AvgIpc) is 3.03. The van der Waals surface area contributed by atoms with Gasteiger partial charge in [0.15, 0.2) is 5.82 Å². The molecule has 0 aliphatic carbocycles. The maximum absolute atomic E-state index is 13.1. The molecule has 2 rings (SSSR count). The van der Waals surface area contributed by atoms with Crippen LogP contribution in [-0.4, -0.2) is 69.0 Å². The van der Waals surface area contributed by atoms with Gasteiger partial charge in [0.2, 0.25) is 15.9 Å². The van der Waals surface area contributed by atoms with Gasteiger partial charge in [0, 0.05) is 32.6 Å². The molecule has 27 heavy (non-hydrogen) atoms. The van der Waals surface area contributed by atoms with Crippen LogP contribution in [0.3, 0.4) is 0 Å². The van der Waals surface area contributed by atoms with E-state index in [1.165, 1.54) is 36.7 Å². The molecule has 1 unspecified atom stereocenters. The number of aliphatic carboxylic acids is 1. The molecule has 0 fully saturated rings. The predicted octanol–water partition coefficient (Wildman–Crippen LogP) is -0.523. The summed E-state index contributed by atoms with van der Waals surface area (Å²) < 4.78 is 28.3. The Kier molecular flexibility index (Phi) is 6.23. The molecule has 12 heteroatoms. The lowest BCUT2D eigenvalue weighted by Gasteiger charge is -2.26. The maximum Gasteiger partial charge on any atom is 0.321 e. The Morgan fingerprint density at radius 3 is 2.63 bits per heavy atom. The number of rotatable bonds is 8. The minimum atomic E-state index is -4.15. The average molecular weight is 396 g/mol. The molecule has 0 aliphatic heterocycles. The molecular formula is C15H20N6O5S. The van der Waals surface area contributed by atoms with Crippen molar-refractivity contribution in [2.24, 2.45) is 7.05 Å². The van der Waals surface area contributed by atoms with Crippen molar-refractivity contribution in [1.82, 2.24) is 29.8 Å². The molecule has 2 N–H and O–H groups in total. The van der Waals surface area contributed by atoms with E-state index in [1.54, 1.807) is 13.1 Å². The van der Waals surface area contributed by atoms with E-state index in [0.717, 1.165) is 4.31 Å². The molecule has 1 atom stereocenters. The van der Waals surface area contributed by atoms with E-state index < -0.39 is 22.0 Å². The van der Waals surface area contributed by atoms with Crippen LogP contribution in [0.25, 0.3) is 11.4 Å². The summed E-state index contributed by atoms with van der Waals surface area (Å²) in [6.45, 7) is 2.35. The number of carboxylic acids is 1. The second kappa shape index (κ2) is 8.22. The number of amides is 1. The molecule has 0 saturated heterocycles. The molecule has 1 amide bonds. The van der Waals surface area contributed by atoms with Crippen molar-refractivity contribution in [3.8, 4) is 11.4 Å². The molecular weight excluding hydrogens is 376 g/mol. The Labute approximate surface area is 156 Å². The van der Waals surface area contributed by atoms with Crippen LogP contribution >= 0.6 is 0 Å². The summed E-state index contributed by atoms with van der Waals surface area (Å²) in [6.07, 6.45) is 0. The fourth-order valence-electron chi connectivity index (χ4n) is 2.39. The summed E-state index contributed by atoms with van der Waals surface area (Å²) in [5, 5.41) is 22.8. The van der Waals surface area contributed by atoms with Crippen molar-refractivity contribution in [3.63, 3.8) is 0 Å². The first-order chi connectivity index (χ1) is 12.6. The van der Waals surface area contributed by atoms with Gasteiger partial charge >= 0.3 is 5.97 Å². The highest BCUT2D eigenvalue weighted by molar-refractivity contribution is 7.89. The Bertz CT molecular complexity index is 942. The molecule has 2 aromatic rings. The fourth-order valence-corrected chi connectivity index (χ4v) is 4.03. The van der Waals surface area contributed by atoms with Crippen molar-refractivity contribution in [1.29, 1.82) is 0 Å². The second-order valence-corrected chi connectivity index (χ2v) is 7.66. The summed E-state index contributed by atoms with van der Waals surface area (Å²) >= 11 is 0. The zero-order valence-corrected chi connectivity index (χ0v) is 15.8. The molecule has 0 spiro atoms. The van der Waals surface area contributed by atoms with E-state index in [0.29, 0.717) is 11.4 Å². The first kappa shape index (κ1) is 20.5. The summed E-state index contributed by atoms with van der Waals surface area (Å²) in [5.41, 5.74) is 0.466. The van der Waals surface area contributed by atoms with E-state index in [2.05, 4.69) is 20.8 Å². The number of sulfonamides is 1. The smallest absolute Gasteiger partial charge is 0.321 e. The Hall–Kier alpha value is -2.86. The topological polar surface area (TPSA) is 147 Å². The van der Waals surface area contributed by atoms with Gasteiger partial charge in [0.05, 0.1) is 4.90 Å². The van der Waals surface area contributed by atoms with Gasteiger partial charge in [-0.1, -0.05) is 12.1 Å². The minimum absolute atomic E-state index is 0.0148. The Morgan fingerprint density at radius 2 is 2.07 bits per heavy atom. The largest absolute Gasteiger partial charge is 0.480 e. The van der Waals surface area contributed by atoms with Crippen LogP contribution in [0.1, 0.15) is 13.8 Å². The van der Waals surface area contributed by atoms with Crippen LogP contribution < -0.4 is 5.32 Å². The van der Waals surface area contributed by atoms with Gasteiger partial charge < -0.3 is 10.4 Å². The van der Waals surface area contributed by atoms with Gasteiger partial charge in [-0.25, -0.2) is 13.1 Å². The molecule has 1 heterocycles. The molecule has 0 saturated carbocycles. The van der Waals surface area contributed by atoms with Gasteiger partial charge in [0.25, 0.3) is 0 Å². The van der Waals surface area contributed by atoms with Crippen LogP contribution in [0.5, 0.6) is 0 Å². The number of aromatic nitrogens is 4. The number of nitrogens with zero attached hydrogens (tertiary/aromatic N) is 5. The number of carbonyl (C=O) groups excluding carboxylic acids is 1. The highest BCUT2D eigenvalue weighted by atomic mass is 32.2. The predicted molar refractivity (Wildman–Crippen MR) is 93.9 cm³/mol. The third-order valence-corrected chi connectivity index (χ3v) is 5.78. The Morgan fingerprint density at radius 1 is 1.37 bits per heavy atom. The third kappa shape index (κ3) is 4.65. The number of tetrazole rings is 1. The number of carboxylic acid groups (broad SMARTS) is 1. The van der Waals surface area contributed by atoms with Crippen molar-refractivity contribution in [2.45, 2.75) is 24.8 Å². The molecule has 11 nitrogen and oxygen atoms in total. The Balaban J connectivity index is 2.41. The molecule has 0 radical (unpaired) electrons. The number of nitrogens with one attached hydrogen (secondary N) is 1. The summed E-state index contributed by atoms with van der Waals surface area (Å²) in [5.74, 6) is -1.27. The van der Waals surface area contributed by atoms with Crippen molar-refractivity contribution >= 4 is 21.9 Å². The first-order valence-corrected chi connectivity index (χ1v) is 9.40. The lowest BCUT2D eigenvalue weighted by atomic mass is 10.2. The van der Waals surface area contributed by atoms with E-state index in [9.17, 15) is 23.1 Å². The fraction of sp³-hybridized carbons (Fsp3) is 0.400. The SMILES string of the molecule is CC(=O)NCCN(C(C)C(=O)O)S(=O)(=O)c1cccc(-c2nnnn2C)c1. The quantitative estimate of drug-likeness (QED) is 0.605. The van der Waals surface area contributed by atoms with Gasteiger partial charge in [-0.3, -0.25) is 9.59 Å². The molecule has 1 aromatic carbocycles. The van der Waals surface area contributed by atoms with Gasteiger partial charge in [-0.15, -0.1) is 5.10 Å². The van der Waals surface area contributed by atoms with Gasteiger partial charge in [-0.05, 0) is 29.5 Å². The number of aryl methyl sites for hydroxylation is 1. The van der Waals surface area contributed by atoms with Crippen LogP contribution in [0.4, 0.5) is 0 Å². The summed E-state index contributed by atoms with van der Waals surface area (Å²) in [7, 11) is -2.53.